The Balaban J connectivity index is 1.82. The van der Waals surface area contributed by atoms with Gasteiger partial charge >= 0.3 is 5.97 Å². The predicted molar refractivity (Wildman–Crippen MR) is 68.8 cm³/mol. The van der Waals surface area contributed by atoms with Crippen molar-refractivity contribution < 1.29 is 19.1 Å². The van der Waals surface area contributed by atoms with Crippen molar-refractivity contribution >= 4 is 11.9 Å². The van der Waals surface area contributed by atoms with Crippen molar-refractivity contribution in [3.63, 3.8) is 0 Å². The summed E-state index contributed by atoms with van der Waals surface area (Å²) in [6, 6.07) is 1.47. The van der Waals surface area contributed by atoms with E-state index in [0.717, 1.165) is 12.8 Å². The quantitative estimate of drug-likeness (QED) is 0.857. The second-order valence-electron chi connectivity index (χ2n) is 5.12. The van der Waals surface area contributed by atoms with E-state index in [-0.39, 0.29) is 18.0 Å². The number of carbonyl (C=O) groups is 2. The van der Waals surface area contributed by atoms with Gasteiger partial charge in [0.25, 0.3) is 0 Å². The average Bonchev–Trinajstić information content (AvgIpc) is 2.96. The van der Waals surface area contributed by atoms with E-state index in [9.17, 15) is 9.59 Å². The molecule has 1 aliphatic carbocycles. The maximum absolute atomic E-state index is 11.7. The first-order chi connectivity index (χ1) is 9.06. The van der Waals surface area contributed by atoms with Gasteiger partial charge in [-0.05, 0) is 31.7 Å². The zero-order valence-electron chi connectivity index (χ0n) is 11.1. The topological polar surface area (TPSA) is 79.5 Å². The second kappa shape index (κ2) is 5.91. The highest BCUT2D eigenvalue weighted by Gasteiger charge is 2.19. The summed E-state index contributed by atoms with van der Waals surface area (Å²) >= 11 is 0. The lowest BCUT2D eigenvalue weighted by atomic mass is 10.0. The highest BCUT2D eigenvalue weighted by atomic mass is 16.4. The summed E-state index contributed by atoms with van der Waals surface area (Å²) < 4.78 is 5.30. The average molecular weight is 265 g/mol. The lowest BCUT2D eigenvalue weighted by Gasteiger charge is -2.08. The van der Waals surface area contributed by atoms with Crippen LogP contribution in [0.4, 0.5) is 0 Å². The molecule has 0 aliphatic heterocycles. The third kappa shape index (κ3) is 3.59. The maximum atomic E-state index is 11.7. The van der Waals surface area contributed by atoms with Crippen molar-refractivity contribution in [1.29, 1.82) is 0 Å². The molecule has 5 heteroatoms. The summed E-state index contributed by atoms with van der Waals surface area (Å²) in [4.78, 5) is 22.6. The van der Waals surface area contributed by atoms with E-state index in [1.54, 1.807) is 6.92 Å². The van der Waals surface area contributed by atoms with Gasteiger partial charge in [0.2, 0.25) is 5.91 Å². The van der Waals surface area contributed by atoms with Crippen molar-refractivity contribution in [2.45, 2.75) is 45.6 Å². The summed E-state index contributed by atoms with van der Waals surface area (Å²) in [5.41, 5.74) is 0.153. The van der Waals surface area contributed by atoms with Crippen molar-refractivity contribution in [3.05, 3.63) is 23.2 Å². The van der Waals surface area contributed by atoms with E-state index in [2.05, 4.69) is 5.32 Å². The van der Waals surface area contributed by atoms with Gasteiger partial charge in [0, 0.05) is 6.42 Å². The van der Waals surface area contributed by atoms with Crippen molar-refractivity contribution in [2.75, 3.05) is 0 Å². The Morgan fingerprint density at radius 1 is 1.42 bits per heavy atom. The third-order valence-corrected chi connectivity index (χ3v) is 3.61. The van der Waals surface area contributed by atoms with Crippen LogP contribution in [0.5, 0.6) is 0 Å². The third-order valence-electron chi connectivity index (χ3n) is 3.61. The molecule has 19 heavy (non-hydrogen) atoms. The summed E-state index contributed by atoms with van der Waals surface area (Å²) in [6.45, 7) is 1.85. The summed E-state index contributed by atoms with van der Waals surface area (Å²) in [5, 5.41) is 11.7. The Kier molecular flexibility index (Phi) is 4.24. The highest BCUT2D eigenvalue weighted by Crippen LogP contribution is 2.27. The van der Waals surface area contributed by atoms with Crippen molar-refractivity contribution in [2.24, 2.45) is 5.92 Å². The molecule has 0 atom stereocenters. The minimum Gasteiger partial charge on any atom is -0.478 e. The van der Waals surface area contributed by atoms with Gasteiger partial charge in [-0.2, -0.15) is 0 Å². The molecule has 1 amide bonds. The maximum Gasteiger partial charge on any atom is 0.339 e. The summed E-state index contributed by atoms with van der Waals surface area (Å²) in [5.74, 6) is 0.359. The van der Waals surface area contributed by atoms with Crippen LogP contribution in [0.2, 0.25) is 0 Å². The van der Waals surface area contributed by atoms with Gasteiger partial charge in [0.05, 0.1) is 6.54 Å². The molecule has 1 fully saturated rings. The van der Waals surface area contributed by atoms with E-state index in [0.29, 0.717) is 23.9 Å². The molecular formula is C14H19NO4. The smallest absolute Gasteiger partial charge is 0.339 e. The van der Waals surface area contributed by atoms with E-state index in [1.807, 2.05) is 0 Å². The fourth-order valence-electron chi connectivity index (χ4n) is 2.58. The number of nitrogens with one attached hydrogen (secondary N) is 1. The molecule has 0 radical (unpaired) electrons. The first-order valence-corrected chi connectivity index (χ1v) is 6.65. The first kappa shape index (κ1) is 13.6. The lowest BCUT2D eigenvalue weighted by Crippen LogP contribution is -2.24. The number of furan rings is 1. The molecule has 1 aromatic heterocycles. The molecule has 1 aromatic rings. The highest BCUT2D eigenvalue weighted by molar-refractivity contribution is 5.88. The van der Waals surface area contributed by atoms with Crippen LogP contribution in [0.1, 0.15) is 54.0 Å². The van der Waals surface area contributed by atoms with Gasteiger partial charge in [-0.1, -0.05) is 12.8 Å². The van der Waals surface area contributed by atoms with Crippen LogP contribution in [-0.4, -0.2) is 17.0 Å². The monoisotopic (exact) mass is 265 g/mol. The van der Waals surface area contributed by atoms with Crippen LogP contribution < -0.4 is 5.32 Å². The predicted octanol–water partition coefficient (Wildman–Crippen LogP) is 2.48. The van der Waals surface area contributed by atoms with Gasteiger partial charge in [0.15, 0.2) is 0 Å². The van der Waals surface area contributed by atoms with Gasteiger partial charge in [-0.15, -0.1) is 0 Å². The van der Waals surface area contributed by atoms with E-state index >= 15 is 0 Å². The minimum atomic E-state index is -1.01. The molecule has 0 spiro atoms. The number of aromatic carboxylic acids is 1. The van der Waals surface area contributed by atoms with Crippen molar-refractivity contribution in [3.8, 4) is 0 Å². The van der Waals surface area contributed by atoms with E-state index < -0.39 is 5.97 Å². The largest absolute Gasteiger partial charge is 0.478 e. The fourth-order valence-corrected chi connectivity index (χ4v) is 2.58. The number of amides is 1. The SMILES string of the molecule is Cc1oc(CNC(=O)CC2CCCC2)cc1C(=O)O. The second-order valence-corrected chi connectivity index (χ2v) is 5.12. The molecule has 0 unspecified atom stereocenters. The molecule has 5 nitrogen and oxygen atoms in total. The Labute approximate surface area is 112 Å². The normalized spacial score (nSPS) is 15.6. The molecule has 2 rings (SSSR count). The summed E-state index contributed by atoms with van der Waals surface area (Å²) in [6.07, 6.45) is 5.27. The van der Waals surface area contributed by atoms with Gasteiger partial charge in [-0.3, -0.25) is 4.79 Å². The van der Waals surface area contributed by atoms with Crippen LogP contribution in [0, 0.1) is 12.8 Å². The van der Waals surface area contributed by atoms with Crippen molar-refractivity contribution in [1.82, 2.24) is 5.32 Å². The molecular weight excluding hydrogens is 246 g/mol. The van der Waals surface area contributed by atoms with Gasteiger partial charge < -0.3 is 14.8 Å². The number of rotatable bonds is 5. The molecule has 2 N–H and O–H groups in total. The molecule has 104 valence electrons. The van der Waals surface area contributed by atoms with Gasteiger partial charge in [-0.25, -0.2) is 4.79 Å². The van der Waals surface area contributed by atoms with E-state index in [1.165, 1.54) is 18.9 Å². The van der Waals surface area contributed by atoms with Crippen LogP contribution in [-0.2, 0) is 11.3 Å². The zero-order valence-corrected chi connectivity index (χ0v) is 11.1. The Morgan fingerprint density at radius 2 is 2.11 bits per heavy atom. The number of hydrogen-bond donors (Lipinski definition) is 2. The Hall–Kier alpha value is -1.78. The number of carbonyl (C=O) groups excluding carboxylic acids is 1. The molecule has 1 aliphatic rings. The van der Waals surface area contributed by atoms with Gasteiger partial charge in [0.1, 0.15) is 17.1 Å². The number of carboxylic acids is 1. The molecule has 0 saturated heterocycles. The Morgan fingerprint density at radius 3 is 2.68 bits per heavy atom. The molecule has 1 heterocycles. The van der Waals surface area contributed by atoms with Crippen LogP contribution in [0.3, 0.4) is 0 Å². The van der Waals surface area contributed by atoms with Crippen LogP contribution in [0.25, 0.3) is 0 Å². The summed E-state index contributed by atoms with van der Waals surface area (Å²) in [7, 11) is 0. The lowest BCUT2D eigenvalue weighted by molar-refractivity contribution is -0.122. The van der Waals surface area contributed by atoms with Crippen LogP contribution >= 0.6 is 0 Å². The molecule has 0 aromatic carbocycles. The number of aryl methyl sites for hydroxylation is 1. The minimum absolute atomic E-state index is 0.0119. The fraction of sp³-hybridized carbons (Fsp3) is 0.571. The van der Waals surface area contributed by atoms with E-state index in [4.69, 9.17) is 9.52 Å². The number of carboxylic acid groups (broad SMARTS) is 1. The first-order valence-electron chi connectivity index (χ1n) is 6.65. The van der Waals surface area contributed by atoms with Crippen LogP contribution in [0.15, 0.2) is 10.5 Å². The zero-order chi connectivity index (χ0) is 13.8. The number of hydrogen-bond acceptors (Lipinski definition) is 3. The standard InChI is InChI=1S/C14H19NO4/c1-9-12(14(17)18)7-11(19-9)8-15-13(16)6-10-4-2-3-5-10/h7,10H,2-6,8H2,1H3,(H,15,16)(H,17,18). The molecule has 0 bridgehead atoms. The molecule has 1 saturated carbocycles. The Bertz CT molecular complexity index is 472.